The summed E-state index contributed by atoms with van der Waals surface area (Å²) in [6, 6.07) is 4.78. The maximum absolute atomic E-state index is 12.8. The first-order valence-corrected chi connectivity index (χ1v) is 5.43. The molecule has 0 unspecified atom stereocenters. The van der Waals surface area contributed by atoms with Crippen molar-refractivity contribution in [1.29, 1.82) is 0 Å². The van der Waals surface area contributed by atoms with Gasteiger partial charge < -0.3 is 10.1 Å². The fourth-order valence-corrected chi connectivity index (χ4v) is 1.89. The summed E-state index contributed by atoms with van der Waals surface area (Å²) in [5.41, 5.74) is 0.796. The summed E-state index contributed by atoms with van der Waals surface area (Å²) in [6.07, 6.45) is 1.93. The van der Waals surface area contributed by atoms with Crippen LogP contribution in [0.4, 0.5) is 10.1 Å². The summed E-state index contributed by atoms with van der Waals surface area (Å²) in [7, 11) is 0. The first-order chi connectivity index (χ1) is 7.25. The Hall–Kier alpha value is -0.800. The van der Waals surface area contributed by atoms with Gasteiger partial charge in [-0.3, -0.25) is 0 Å². The average Bonchev–Trinajstić information content (AvgIpc) is 2.24. The second-order valence-corrected chi connectivity index (χ2v) is 4.06. The zero-order valence-electron chi connectivity index (χ0n) is 8.30. The van der Waals surface area contributed by atoms with Gasteiger partial charge in [-0.2, -0.15) is 0 Å². The molecule has 1 aliphatic heterocycles. The van der Waals surface area contributed by atoms with E-state index >= 15 is 0 Å². The van der Waals surface area contributed by atoms with Crippen LogP contribution in [-0.2, 0) is 4.74 Å². The number of benzene rings is 1. The molecule has 0 bridgehead atoms. The van der Waals surface area contributed by atoms with E-state index in [2.05, 4.69) is 5.32 Å². The second-order valence-electron chi connectivity index (χ2n) is 3.66. The lowest BCUT2D eigenvalue weighted by Gasteiger charge is -2.24. The minimum atomic E-state index is -0.308. The molecule has 1 aromatic carbocycles. The number of hydrogen-bond acceptors (Lipinski definition) is 2. The molecule has 0 aliphatic carbocycles. The van der Waals surface area contributed by atoms with Crippen LogP contribution in [0.2, 0.25) is 5.02 Å². The van der Waals surface area contributed by atoms with Crippen LogP contribution >= 0.6 is 11.6 Å². The lowest BCUT2D eigenvalue weighted by Crippen LogP contribution is -2.27. The monoisotopic (exact) mass is 229 g/mol. The third kappa shape index (κ3) is 2.83. The molecule has 4 heteroatoms. The molecule has 1 fully saturated rings. The zero-order chi connectivity index (χ0) is 10.7. The Bertz CT molecular complexity index is 339. The van der Waals surface area contributed by atoms with Gasteiger partial charge in [0.05, 0.1) is 10.7 Å². The van der Waals surface area contributed by atoms with Crippen molar-refractivity contribution in [3.05, 3.63) is 29.0 Å². The molecule has 0 saturated carbocycles. The number of nitrogens with one attached hydrogen (secondary N) is 1. The Morgan fingerprint density at radius 1 is 1.33 bits per heavy atom. The molecule has 0 atom stereocenters. The standard InChI is InChI=1S/C11H13ClFNO/c12-10-7-8(13)1-2-11(10)14-9-3-5-15-6-4-9/h1-2,7,9,14H,3-6H2. The van der Waals surface area contributed by atoms with Gasteiger partial charge in [-0.1, -0.05) is 11.6 Å². The Balaban J connectivity index is 2.03. The third-order valence-electron chi connectivity index (χ3n) is 2.51. The number of rotatable bonds is 2. The van der Waals surface area contributed by atoms with Gasteiger partial charge in [-0.05, 0) is 31.0 Å². The SMILES string of the molecule is Fc1ccc(NC2CCOCC2)c(Cl)c1. The first-order valence-electron chi connectivity index (χ1n) is 5.05. The van der Waals surface area contributed by atoms with Crippen molar-refractivity contribution in [1.82, 2.24) is 0 Å². The van der Waals surface area contributed by atoms with Crippen LogP contribution in [0.25, 0.3) is 0 Å². The largest absolute Gasteiger partial charge is 0.381 e. The van der Waals surface area contributed by atoms with Crippen molar-refractivity contribution in [3.8, 4) is 0 Å². The molecule has 2 nitrogen and oxygen atoms in total. The van der Waals surface area contributed by atoms with Crippen LogP contribution in [-0.4, -0.2) is 19.3 Å². The fourth-order valence-electron chi connectivity index (χ4n) is 1.67. The summed E-state index contributed by atoms with van der Waals surface area (Å²) in [5, 5.41) is 3.73. The molecular weight excluding hydrogens is 217 g/mol. The van der Waals surface area contributed by atoms with Crippen molar-refractivity contribution in [2.45, 2.75) is 18.9 Å². The van der Waals surface area contributed by atoms with Crippen LogP contribution in [0.15, 0.2) is 18.2 Å². The topological polar surface area (TPSA) is 21.3 Å². The lowest BCUT2D eigenvalue weighted by atomic mass is 10.1. The molecule has 1 N–H and O–H groups in total. The molecule has 0 amide bonds. The summed E-state index contributed by atoms with van der Waals surface area (Å²) >= 11 is 5.91. The van der Waals surface area contributed by atoms with E-state index < -0.39 is 0 Å². The number of halogens is 2. The van der Waals surface area contributed by atoms with E-state index in [1.807, 2.05) is 0 Å². The highest BCUT2D eigenvalue weighted by Crippen LogP contribution is 2.24. The molecule has 0 radical (unpaired) electrons. The Morgan fingerprint density at radius 3 is 2.73 bits per heavy atom. The van der Waals surface area contributed by atoms with Gasteiger partial charge in [-0.25, -0.2) is 4.39 Å². The summed E-state index contributed by atoms with van der Waals surface area (Å²) in [6.45, 7) is 1.55. The number of hydrogen-bond donors (Lipinski definition) is 1. The second kappa shape index (κ2) is 4.81. The van der Waals surface area contributed by atoms with Crippen molar-refractivity contribution in [2.24, 2.45) is 0 Å². The van der Waals surface area contributed by atoms with E-state index in [4.69, 9.17) is 16.3 Å². The van der Waals surface area contributed by atoms with E-state index in [9.17, 15) is 4.39 Å². The first kappa shape index (κ1) is 10.7. The van der Waals surface area contributed by atoms with Crippen LogP contribution in [0.5, 0.6) is 0 Å². The summed E-state index contributed by atoms with van der Waals surface area (Å²) in [4.78, 5) is 0. The highest BCUT2D eigenvalue weighted by molar-refractivity contribution is 6.33. The Kier molecular flexibility index (Phi) is 3.44. The molecule has 0 spiro atoms. The molecule has 1 aromatic rings. The molecule has 15 heavy (non-hydrogen) atoms. The summed E-state index contributed by atoms with van der Waals surface area (Å²) in [5.74, 6) is -0.308. The summed E-state index contributed by atoms with van der Waals surface area (Å²) < 4.78 is 18.0. The third-order valence-corrected chi connectivity index (χ3v) is 2.82. The predicted octanol–water partition coefficient (Wildman–Crippen LogP) is 3.07. The Labute approximate surface area is 93.4 Å². The van der Waals surface area contributed by atoms with Gasteiger partial charge in [0.15, 0.2) is 0 Å². The van der Waals surface area contributed by atoms with E-state index in [0.717, 1.165) is 31.7 Å². The smallest absolute Gasteiger partial charge is 0.124 e. The molecule has 1 saturated heterocycles. The highest BCUT2D eigenvalue weighted by Gasteiger charge is 2.14. The minimum absolute atomic E-state index is 0.308. The number of ether oxygens (including phenoxy) is 1. The lowest BCUT2D eigenvalue weighted by molar-refractivity contribution is 0.0904. The van der Waals surface area contributed by atoms with Gasteiger partial charge in [0.25, 0.3) is 0 Å². The molecule has 1 aliphatic rings. The van der Waals surface area contributed by atoms with Crippen LogP contribution in [0.3, 0.4) is 0 Å². The fraction of sp³-hybridized carbons (Fsp3) is 0.455. The van der Waals surface area contributed by atoms with E-state index in [1.54, 1.807) is 6.07 Å². The van der Waals surface area contributed by atoms with Crippen LogP contribution in [0, 0.1) is 5.82 Å². The predicted molar refractivity (Wildman–Crippen MR) is 58.9 cm³/mol. The van der Waals surface area contributed by atoms with Crippen LogP contribution < -0.4 is 5.32 Å². The van der Waals surface area contributed by atoms with Gasteiger partial charge in [0, 0.05) is 19.3 Å². The van der Waals surface area contributed by atoms with Gasteiger partial charge in [0.1, 0.15) is 5.82 Å². The average molecular weight is 230 g/mol. The maximum atomic E-state index is 12.8. The Morgan fingerprint density at radius 2 is 2.07 bits per heavy atom. The van der Waals surface area contributed by atoms with Gasteiger partial charge in [-0.15, -0.1) is 0 Å². The molecule has 82 valence electrons. The van der Waals surface area contributed by atoms with E-state index in [0.29, 0.717) is 11.1 Å². The highest BCUT2D eigenvalue weighted by atomic mass is 35.5. The normalized spacial score (nSPS) is 17.7. The van der Waals surface area contributed by atoms with E-state index in [1.165, 1.54) is 12.1 Å². The molecule has 1 heterocycles. The quantitative estimate of drug-likeness (QED) is 0.842. The van der Waals surface area contributed by atoms with Crippen LogP contribution in [0.1, 0.15) is 12.8 Å². The van der Waals surface area contributed by atoms with E-state index in [-0.39, 0.29) is 5.82 Å². The minimum Gasteiger partial charge on any atom is -0.381 e. The van der Waals surface area contributed by atoms with Crippen molar-refractivity contribution in [3.63, 3.8) is 0 Å². The number of anilines is 1. The van der Waals surface area contributed by atoms with Crippen molar-refractivity contribution < 1.29 is 9.13 Å². The maximum Gasteiger partial charge on any atom is 0.124 e. The van der Waals surface area contributed by atoms with Gasteiger partial charge >= 0.3 is 0 Å². The molecule has 0 aromatic heterocycles. The molecular formula is C11H13ClFNO. The van der Waals surface area contributed by atoms with Crippen molar-refractivity contribution in [2.75, 3.05) is 18.5 Å². The van der Waals surface area contributed by atoms with Gasteiger partial charge in [0.2, 0.25) is 0 Å². The molecule has 2 rings (SSSR count). The zero-order valence-corrected chi connectivity index (χ0v) is 9.06. The van der Waals surface area contributed by atoms with Crippen molar-refractivity contribution >= 4 is 17.3 Å².